The van der Waals surface area contributed by atoms with Crippen molar-refractivity contribution in [2.24, 2.45) is 0 Å². The van der Waals surface area contributed by atoms with Crippen LogP contribution in [0.15, 0.2) is 101 Å². The lowest BCUT2D eigenvalue weighted by Crippen LogP contribution is -2.49. The number of rotatable bonds is 6. The van der Waals surface area contributed by atoms with E-state index < -0.39 is 15.1 Å². The van der Waals surface area contributed by atoms with Crippen molar-refractivity contribution in [3.8, 4) is 17.5 Å². The molecule has 7 nitrogen and oxygen atoms in total. The molecule has 0 saturated carbocycles. The molecule has 0 spiro atoms. The van der Waals surface area contributed by atoms with E-state index in [4.69, 9.17) is 4.42 Å². The van der Waals surface area contributed by atoms with Gasteiger partial charge < -0.3 is 4.42 Å². The Morgan fingerprint density at radius 3 is 1.83 bits per heavy atom. The van der Waals surface area contributed by atoms with Crippen LogP contribution in [0.3, 0.4) is 0 Å². The minimum absolute atomic E-state index is 0.0203. The van der Waals surface area contributed by atoms with Gasteiger partial charge in [0.25, 0.3) is 15.1 Å². The second-order valence-electron chi connectivity index (χ2n) is 8.30. The van der Waals surface area contributed by atoms with Gasteiger partial charge in [-0.2, -0.15) is 14.6 Å². The smallest absolute Gasteiger partial charge is 0.279 e. The molecule has 176 valence electrons. The molecule has 0 aliphatic carbocycles. The van der Waals surface area contributed by atoms with E-state index in [9.17, 15) is 13.7 Å². The van der Waals surface area contributed by atoms with E-state index in [-0.39, 0.29) is 30.7 Å². The zero-order chi connectivity index (χ0) is 24.3. The number of aromatic nitrogens is 1. The summed E-state index contributed by atoms with van der Waals surface area (Å²) in [5, 5.41) is 9.15. The van der Waals surface area contributed by atoms with E-state index in [0.717, 1.165) is 11.1 Å². The summed E-state index contributed by atoms with van der Waals surface area (Å²) < 4.78 is 33.9. The van der Waals surface area contributed by atoms with Crippen molar-refractivity contribution < 1.29 is 12.8 Å². The molecule has 8 heteroatoms. The standard InChI is InChI=1S/C27H24N4O3S/c28-20-24-27(34-26(29-24)23-14-8-3-9-15-23)35(32,33)31-18-16-30(17-19-31)25(21-10-4-1-5-11-21)22-12-6-2-7-13-22/h1-15,25H,16-19H2. The van der Waals surface area contributed by atoms with Gasteiger partial charge in [-0.05, 0) is 23.3 Å². The largest absolute Gasteiger partial charge is 0.422 e. The lowest BCUT2D eigenvalue weighted by atomic mass is 9.96. The van der Waals surface area contributed by atoms with Crippen LogP contribution in [0.5, 0.6) is 0 Å². The van der Waals surface area contributed by atoms with Gasteiger partial charge in [0.15, 0.2) is 5.69 Å². The van der Waals surface area contributed by atoms with Crippen molar-refractivity contribution in [3.63, 3.8) is 0 Å². The highest BCUT2D eigenvalue weighted by molar-refractivity contribution is 7.89. The molecule has 0 atom stereocenters. The maximum atomic E-state index is 13.5. The molecule has 0 bridgehead atoms. The summed E-state index contributed by atoms with van der Waals surface area (Å²) in [6, 6.07) is 31.3. The zero-order valence-electron chi connectivity index (χ0n) is 19.0. The monoisotopic (exact) mass is 484 g/mol. The van der Waals surface area contributed by atoms with E-state index in [1.807, 2.05) is 48.5 Å². The van der Waals surface area contributed by atoms with Crippen LogP contribution in [0.2, 0.25) is 0 Å². The Kier molecular flexibility index (Phi) is 6.47. The van der Waals surface area contributed by atoms with Gasteiger partial charge in [-0.25, -0.2) is 8.42 Å². The molecule has 35 heavy (non-hydrogen) atoms. The minimum Gasteiger partial charge on any atom is -0.422 e. The fraction of sp³-hybridized carbons (Fsp3) is 0.185. The predicted molar refractivity (Wildman–Crippen MR) is 132 cm³/mol. The summed E-state index contributed by atoms with van der Waals surface area (Å²) in [5.41, 5.74) is 2.70. The number of nitrogens with zero attached hydrogens (tertiary/aromatic N) is 4. The van der Waals surface area contributed by atoms with Gasteiger partial charge >= 0.3 is 0 Å². The van der Waals surface area contributed by atoms with E-state index in [2.05, 4.69) is 34.1 Å². The van der Waals surface area contributed by atoms with Crippen LogP contribution >= 0.6 is 0 Å². The van der Waals surface area contributed by atoms with Crippen LogP contribution in [-0.4, -0.2) is 48.8 Å². The minimum atomic E-state index is -4.02. The predicted octanol–water partition coefficient (Wildman–Crippen LogP) is 4.31. The Labute approximate surface area is 204 Å². The molecule has 2 heterocycles. The fourth-order valence-electron chi connectivity index (χ4n) is 4.46. The third kappa shape index (κ3) is 4.62. The number of oxazole rings is 1. The molecular weight excluding hydrogens is 460 g/mol. The fourth-order valence-corrected chi connectivity index (χ4v) is 5.86. The maximum Gasteiger partial charge on any atom is 0.279 e. The first-order chi connectivity index (χ1) is 17.1. The van der Waals surface area contributed by atoms with Gasteiger partial charge in [-0.1, -0.05) is 78.9 Å². The third-order valence-corrected chi connectivity index (χ3v) is 7.96. The number of hydrogen-bond donors (Lipinski definition) is 0. The van der Waals surface area contributed by atoms with Crippen LogP contribution in [0.25, 0.3) is 11.5 Å². The van der Waals surface area contributed by atoms with Gasteiger partial charge in [0.05, 0.1) is 6.04 Å². The highest BCUT2D eigenvalue weighted by atomic mass is 32.2. The second kappa shape index (κ2) is 9.84. The lowest BCUT2D eigenvalue weighted by molar-refractivity contribution is 0.154. The zero-order valence-corrected chi connectivity index (χ0v) is 19.8. The van der Waals surface area contributed by atoms with Gasteiger partial charge in [0, 0.05) is 31.7 Å². The average molecular weight is 485 g/mol. The van der Waals surface area contributed by atoms with Crippen molar-refractivity contribution in [3.05, 3.63) is 108 Å². The van der Waals surface area contributed by atoms with Crippen LogP contribution < -0.4 is 0 Å². The number of benzene rings is 3. The quantitative estimate of drug-likeness (QED) is 0.405. The number of nitriles is 1. The van der Waals surface area contributed by atoms with Gasteiger partial charge in [0.1, 0.15) is 6.07 Å². The number of sulfonamides is 1. The molecule has 1 fully saturated rings. The normalized spacial score (nSPS) is 15.2. The van der Waals surface area contributed by atoms with Crippen LogP contribution in [0.4, 0.5) is 0 Å². The third-order valence-electron chi connectivity index (χ3n) is 6.17. The van der Waals surface area contributed by atoms with Gasteiger partial charge in [0.2, 0.25) is 5.89 Å². The molecule has 1 aliphatic rings. The Balaban J connectivity index is 1.39. The first-order valence-corrected chi connectivity index (χ1v) is 12.8. The van der Waals surface area contributed by atoms with E-state index in [1.165, 1.54) is 4.31 Å². The molecule has 4 aromatic rings. The molecule has 0 unspecified atom stereocenters. The molecule has 1 aromatic heterocycles. The molecule has 5 rings (SSSR count). The van der Waals surface area contributed by atoms with E-state index in [0.29, 0.717) is 18.7 Å². The van der Waals surface area contributed by atoms with Crippen molar-refractivity contribution in [2.45, 2.75) is 11.1 Å². The van der Waals surface area contributed by atoms with E-state index in [1.54, 1.807) is 24.3 Å². The number of piperazine rings is 1. The molecular formula is C27H24N4O3S. The van der Waals surface area contributed by atoms with Crippen molar-refractivity contribution >= 4 is 10.0 Å². The van der Waals surface area contributed by atoms with Crippen molar-refractivity contribution in [1.29, 1.82) is 5.26 Å². The molecule has 0 amide bonds. The summed E-state index contributed by atoms with van der Waals surface area (Å²) in [4.78, 5) is 6.43. The topological polar surface area (TPSA) is 90.4 Å². The highest BCUT2D eigenvalue weighted by Gasteiger charge is 2.36. The number of hydrogen-bond acceptors (Lipinski definition) is 6. The SMILES string of the molecule is N#Cc1nc(-c2ccccc2)oc1S(=O)(=O)N1CCN(C(c2ccccc2)c2ccccc2)CC1. The summed E-state index contributed by atoms with van der Waals surface area (Å²) in [5.74, 6) is 0.118. The Morgan fingerprint density at radius 2 is 1.31 bits per heavy atom. The van der Waals surface area contributed by atoms with Crippen molar-refractivity contribution in [2.75, 3.05) is 26.2 Å². The first kappa shape index (κ1) is 23.0. The van der Waals surface area contributed by atoms with Crippen LogP contribution in [-0.2, 0) is 10.0 Å². The summed E-state index contributed by atoms with van der Waals surface area (Å²) in [7, 11) is -4.02. The molecule has 1 aliphatic heterocycles. The molecule has 0 radical (unpaired) electrons. The molecule has 3 aromatic carbocycles. The summed E-state index contributed by atoms with van der Waals surface area (Å²) in [6.07, 6.45) is 0. The highest BCUT2D eigenvalue weighted by Crippen LogP contribution is 2.32. The second-order valence-corrected chi connectivity index (χ2v) is 10.1. The van der Waals surface area contributed by atoms with Crippen molar-refractivity contribution in [1.82, 2.24) is 14.2 Å². The maximum absolute atomic E-state index is 13.5. The Bertz CT molecular complexity index is 1380. The van der Waals surface area contributed by atoms with Crippen LogP contribution in [0, 0.1) is 11.3 Å². The Morgan fingerprint density at radius 1 is 0.800 bits per heavy atom. The lowest BCUT2D eigenvalue weighted by Gasteiger charge is -2.38. The molecule has 0 N–H and O–H groups in total. The van der Waals surface area contributed by atoms with Gasteiger partial charge in [-0.15, -0.1) is 0 Å². The first-order valence-electron chi connectivity index (χ1n) is 11.4. The summed E-state index contributed by atoms with van der Waals surface area (Å²) in [6.45, 7) is 1.64. The molecule has 1 saturated heterocycles. The average Bonchev–Trinajstić information content (AvgIpc) is 3.37. The van der Waals surface area contributed by atoms with E-state index >= 15 is 0 Å². The Hall–Kier alpha value is -3.77. The summed E-state index contributed by atoms with van der Waals surface area (Å²) >= 11 is 0. The van der Waals surface area contributed by atoms with Crippen LogP contribution in [0.1, 0.15) is 22.9 Å². The van der Waals surface area contributed by atoms with Gasteiger partial charge in [-0.3, -0.25) is 4.90 Å².